The van der Waals surface area contributed by atoms with Gasteiger partial charge in [0.1, 0.15) is 17.3 Å². The number of methoxy groups -OCH3 is 1. The van der Waals surface area contributed by atoms with E-state index in [4.69, 9.17) is 20.0 Å². The maximum absolute atomic E-state index is 5.89. The number of rotatable bonds is 7. The summed E-state index contributed by atoms with van der Waals surface area (Å²) in [6.45, 7) is 5.64. The Labute approximate surface area is 153 Å². The van der Waals surface area contributed by atoms with E-state index in [2.05, 4.69) is 15.8 Å². The molecule has 2 aromatic heterocycles. The molecule has 134 valence electrons. The van der Waals surface area contributed by atoms with Crippen molar-refractivity contribution in [2.75, 3.05) is 13.7 Å². The molecule has 3 aromatic rings. The summed E-state index contributed by atoms with van der Waals surface area (Å²) in [5.41, 5.74) is 2.83. The number of aromatic nitrogens is 1. The molecule has 3 rings (SSSR count). The smallest absolute Gasteiger partial charge is 0.226 e. The van der Waals surface area contributed by atoms with Gasteiger partial charge in [-0.1, -0.05) is 5.92 Å². The van der Waals surface area contributed by atoms with Crippen molar-refractivity contribution in [3.05, 3.63) is 59.4 Å². The van der Waals surface area contributed by atoms with Gasteiger partial charge in [0.05, 0.1) is 32.2 Å². The maximum atomic E-state index is 5.89. The largest absolute Gasteiger partial charge is 0.496 e. The molecular formula is C21H22N2O3. The van der Waals surface area contributed by atoms with E-state index in [1.807, 2.05) is 44.2 Å². The first kappa shape index (κ1) is 17.8. The number of aryl methyl sites for hydroxylation is 2. The van der Waals surface area contributed by atoms with Gasteiger partial charge in [-0.3, -0.25) is 4.90 Å². The molecule has 0 saturated carbocycles. The third kappa shape index (κ3) is 3.98. The molecule has 26 heavy (non-hydrogen) atoms. The summed E-state index contributed by atoms with van der Waals surface area (Å²) in [4.78, 5) is 6.77. The highest BCUT2D eigenvalue weighted by atomic mass is 16.5. The van der Waals surface area contributed by atoms with Crippen LogP contribution in [0.4, 0.5) is 0 Å². The molecule has 0 saturated heterocycles. The van der Waals surface area contributed by atoms with E-state index < -0.39 is 0 Å². The van der Waals surface area contributed by atoms with Gasteiger partial charge < -0.3 is 13.6 Å². The van der Waals surface area contributed by atoms with Gasteiger partial charge in [0.25, 0.3) is 0 Å². The van der Waals surface area contributed by atoms with E-state index >= 15 is 0 Å². The first-order valence-electron chi connectivity index (χ1n) is 8.40. The van der Waals surface area contributed by atoms with Crippen LogP contribution in [0.1, 0.15) is 22.8 Å². The molecule has 1 aromatic carbocycles. The summed E-state index contributed by atoms with van der Waals surface area (Å²) in [5.74, 6) is 5.79. The molecule has 0 unspecified atom stereocenters. The van der Waals surface area contributed by atoms with E-state index in [9.17, 15) is 0 Å². The molecule has 5 heteroatoms. The Morgan fingerprint density at radius 1 is 1.23 bits per heavy atom. The molecule has 5 nitrogen and oxygen atoms in total. The van der Waals surface area contributed by atoms with E-state index in [-0.39, 0.29) is 0 Å². The van der Waals surface area contributed by atoms with Gasteiger partial charge in [0.15, 0.2) is 0 Å². The Morgan fingerprint density at radius 2 is 2.08 bits per heavy atom. The van der Waals surface area contributed by atoms with Gasteiger partial charge in [0, 0.05) is 12.1 Å². The number of hydrogen-bond donors (Lipinski definition) is 0. The molecule has 0 radical (unpaired) electrons. The highest BCUT2D eigenvalue weighted by molar-refractivity contribution is 5.57. The molecule has 0 spiro atoms. The average Bonchev–Trinajstić information content (AvgIpc) is 3.25. The van der Waals surface area contributed by atoms with Crippen LogP contribution in [0, 0.1) is 26.2 Å². The highest BCUT2D eigenvalue weighted by Gasteiger charge is 2.16. The van der Waals surface area contributed by atoms with Gasteiger partial charge in [-0.2, -0.15) is 0 Å². The summed E-state index contributed by atoms with van der Waals surface area (Å²) < 4.78 is 16.6. The van der Waals surface area contributed by atoms with Crippen LogP contribution >= 0.6 is 0 Å². The van der Waals surface area contributed by atoms with Crippen LogP contribution in [-0.2, 0) is 13.1 Å². The van der Waals surface area contributed by atoms with Gasteiger partial charge in [-0.05, 0) is 49.7 Å². The van der Waals surface area contributed by atoms with Crippen molar-refractivity contribution >= 4 is 0 Å². The monoisotopic (exact) mass is 350 g/mol. The number of nitrogens with zero attached hydrogens (tertiary/aromatic N) is 2. The fraction of sp³-hybridized carbons (Fsp3) is 0.286. The zero-order valence-corrected chi connectivity index (χ0v) is 15.3. The van der Waals surface area contributed by atoms with Crippen LogP contribution in [0.25, 0.3) is 11.5 Å². The van der Waals surface area contributed by atoms with E-state index in [1.54, 1.807) is 13.4 Å². The predicted octanol–water partition coefficient (Wildman–Crippen LogP) is 4.20. The fourth-order valence-electron chi connectivity index (χ4n) is 2.84. The van der Waals surface area contributed by atoms with Gasteiger partial charge in [-0.25, -0.2) is 4.98 Å². The molecule has 0 aliphatic carbocycles. The lowest BCUT2D eigenvalue weighted by Crippen LogP contribution is -2.23. The van der Waals surface area contributed by atoms with E-state index in [1.165, 1.54) is 0 Å². The maximum Gasteiger partial charge on any atom is 0.226 e. The van der Waals surface area contributed by atoms with Gasteiger partial charge in [-0.15, -0.1) is 6.42 Å². The van der Waals surface area contributed by atoms with Crippen molar-refractivity contribution in [1.82, 2.24) is 9.88 Å². The Kier molecular flexibility index (Phi) is 5.45. The molecule has 0 bridgehead atoms. The van der Waals surface area contributed by atoms with Gasteiger partial charge >= 0.3 is 0 Å². The zero-order valence-electron chi connectivity index (χ0n) is 15.3. The molecule has 0 fully saturated rings. The lowest BCUT2D eigenvalue weighted by Gasteiger charge is -2.17. The SMILES string of the molecule is C#CCN(Cc1ccco1)Cc1nc(-c2ccc(OC)c(C)c2)oc1C. The minimum Gasteiger partial charge on any atom is -0.496 e. The first-order valence-corrected chi connectivity index (χ1v) is 8.40. The van der Waals surface area contributed by atoms with Gasteiger partial charge in [0.2, 0.25) is 5.89 Å². The molecule has 0 amide bonds. The average molecular weight is 350 g/mol. The first-order chi connectivity index (χ1) is 12.6. The Morgan fingerprint density at radius 3 is 2.73 bits per heavy atom. The van der Waals surface area contributed by atoms with Crippen LogP contribution in [0.5, 0.6) is 5.75 Å². The second-order valence-corrected chi connectivity index (χ2v) is 6.13. The van der Waals surface area contributed by atoms with E-state index in [0.29, 0.717) is 25.5 Å². The second-order valence-electron chi connectivity index (χ2n) is 6.13. The summed E-state index contributed by atoms with van der Waals surface area (Å²) in [5, 5.41) is 0. The van der Waals surface area contributed by atoms with Crippen molar-refractivity contribution in [1.29, 1.82) is 0 Å². The van der Waals surface area contributed by atoms with Crippen LogP contribution < -0.4 is 4.74 Å². The standard InChI is InChI=1S/C21H22N2O3/c1-5-10-23(13-18-7-6-11-25-18)14-19-16(3)26-21(22-19)17-8-9-20(24-4)15(2)12-17/h1,6-9,11-12H,10,13-14H2,2-4H3. The zero-order chi connectivity index (χ0) is 18.5. The van der Waals surface area contributed by atoms with E-state index in [0.717, 1.165) is 34.1 Å². The number of oxazole rings is 1. The molecular weight excluding hydrogens is 328 g/mol. The van der Waals surface area contributed by atoms with Crippen molar-refractivity contribution in [2.24, 2.45) is 0 Å². The summed E-state index contributed by atoms with van der Waals surface area (Å²) in [6, 6.07) is 9.68. The lowest BCUT2D eigenvalue weighted by molar-refractivity contribution is 0.260. The minimum atomic E-state index is 0.504. The number of terminal acetylenes is 1. The Hall–Kier alpha value is -2.97. The number of benzene rings is 1. The van der Waals surface area contributed by atoms with Crippen LogP contribution in [0.15, 0.2) is 45.4 Å². The van der Waals surface area contributed by atoms with Crippen molar-refractivity contribution < 1.29 is 13.6 Å². The molecule has 0 aliphatic rings. The van der Waals surface area contributed by atoms with Crippen LogP contribution in [0.3, 0.4) is 0 Å². The lowest BCUT2D eigenvalue weighted by atomic mass is 10.1. The molecule has 0 atom stereocenters. The summed E-state index contributed by atoms with van der Waals surface area (Å²) in [7, 11) is 1.66. The summed E-state index contributed by atoms with van der Waals surface area (Å²) in [6.07, 6.45) is 7.17. The quantitative estimate of drug-likeness (QED) is 0.598. The Bertz CT molecular complexity index is 904. The summed E-state index contributed by atoms with van der Waals surface area (Å²) >= 11 is 0. The molecule has 2 heterocycles. The number of hydrogen-bond acceptors (Lipinski definition) is 5. The van der Waals surface area contributed by atoms with Crippen LogP contribution in [-0.4, -0.2) is 23.5 Å². The molecule has 0 N–H and O–H groups in total. The Balaban J connectivity index is 1.80. The second kappa shape index (κ2) is 7.94. The van der Waals surface area contributed by atoms with Crippen LogP contribution in [0.2, 0.25) is 0 Å². The van der Waals surface area contributed by atoms with Crippen molar-refractivity contribution in [3.63, 3.8) is 0 Å². The number of ether oxygens (including phenoxy) is 1. The normalized spacial score (nSPS) is 10.9. The topological polar surface area (TPSA) is 51.6 Å². The fourth-order valence-corrected chi connectivity index (χ4v) is 2.84. The minimum absolute atomic E-state index is 0.504. The third-order valence-electron chi connectivity index (χ3n) is 4.18. The van der Waals surface area contributed by atoms with Crippen molar-refractivity contribution in [3.8, 4) is 29.5 Å². The van der Waals surface area contributed by atoms with Crippen molar-refractivity contribution in [2.45, 2.75) is 26.9 Å². The molecule has 0 aliphatic heterocycles. The third-order valence-corrected chi connectivity index (χ3v) is 4.18. The highest BCUT2D eigenvalue weighted by Crippen LogP contribution is 2.27. The number of furan rings is 1. The predicted molar refractivity (Wildman–Crippen MR) is 99.6 cm³/mol.